The molecule has 0 aromatic heterocycles. The Bertz CT molecular complexity index is 2330. The molecule has 4 aromatic rings. The Balaban J connectivity index is 1.45. The Morgan fingerprint density at radius 3 is 1.29 bits per heavy atom. The van der Waals surface area contributed by atoms with Crippen LogP contribution in [0.15, 0.2) is 105 Å². The quantitative estimate of drug-likeness (QED) is 0.0666. The maximum absolute atomic E-state index is 14.6. The zero-order valence-corrected chi connectivity index (χ0v) is 37.7. The Labute approximate surface area is 376 Å². The number of halogens is 4. The molecule has 0 atom stereocenters. The lowest BCUT2D eigenvalue weighted by Crippen LogP contribution is -2.10. The van der Waals surface area contributed by atoms with E-state index in [2.05, 4.69) is 0 Å². The van der Waals surface area contributed by atoms with Gasteiger partial charge in [0.05, 0.1) is 19.9 Å². The number of Topliss-reactive ketones (excluding diaryl/α,β-unsaturated/α-hetero) is 2. The first-order valence-corrected chi connectivity index (χ1v) is 24.5. The summed E-state index contributed by atoms with van der Waals surface area (Å²) in [5, 5.41) is 17.7. The van der Waals surface area contributed by atoms with Crippen molar-refractivity contribution in [3.63, 3.8) is 0 Å². The van der Waals surface area contributed by atoms with Gasteiger partial charge in [0.2, 0.25) is 11.6 Å². The summed E-state index contributed by atoms with van der Waals surface area (Å²) in [6.45, 7) is 2.66. The van der Waals surface area contributed by atoms with E-state index in [4.69, 9.17) is 66.1 Å². The van der Waals surface area contributed by atoms with E-state index in [1.807, 2.05) is 74.5 Å². The van der Waals surface area contributed by atoms with E-state index >= 15 is 0 Å². The van der Waals surface area contributed by atoms with Crippen molar-refractivity contribution in [1.29, 1.82) is 0 Å². The summed E-state index contributed by atoms with van der Waals surface area (Å²) in [6.07, 6.45) is 3.82. The molecule has 18 heteroatoms. The van der Waals surface area contributed by atoms with Crippen LogP contribution in [-0.4, -0.2) is 46.9 Å². The van der Waals surface area contributed by atoms with Crippen molar-refractivity contribution in [3.8, 4) is 11.5 Å². The molecule has 0 spiro atoms. The molecule has 0 saturated heterocycles. The van der Waals surface area contributed by atoms with Crippen molar-refractivity contribution >= 4 is 144 Å². The highest BCUT2D eigenvalue weighted by molar-refractivity contribution is 8.83. The SMILES string of the molecule is Cc1ccccc1C1=C/C(=C(\SS/C(C(=O)c2ccc(OCC(=O)O)c(Cl)c2Cl)=C2\C=C(c3ccccc3C)SS2)C(=O)c2ccc(OCC(=O)O)c(Cl)c2Cl)SS1. The summed E-state index contributed by atoms with van der Waals surface area (Å²) in [5.74, 6) is -3.44. The number of aryl methyl sites for hydroxylation is 2. The maximum Gasteiger partial charge on any atom is 0.341 e. The number of carboxylic acids is 2. The highest BCUT2D eigenvalue weighted by Crippen LogP contribution is 2.58. The second-order valence-corrected chi connectivity index (χ2v) is 20.1. The monoisotopic (exact) mass is 966 g/mol. The minimum atomic E-state index is -1.22. The standard InChI is InChI=1S/C40H26Cl4O8S6/c1-19-7-3-5-9-21(19)27-15-29(55-53-27)39(37(49)23-11-13-25(35(43)33(23)41)51-17-31(45)46)57-58-40(30-16-28(54-56-30)22-10-6-4-8-20(22)2)38(50)24-12-14-26(36(44)34(24)42)52-18-32(47)48/h3-16H,17-18H2,1-2H3,(H,45,46)(H,47,48)/b39-29+,40-30+. The number of benzene rings is 4. The molecule has 6 rings (SSSR count). The average molecular weight is 969 g/mol. The van der Waals surface area contributed by atoms with Crippen LogP contribution in [-0.2, 0) is 9.59 Å². The molecule has 8 nitrogen and oxygen atoms in total. The highest BCUT2D eigenvalue weighted by Gasteiger charge is 2.31. The summed E-state index contributed by atoms with van der Waals surface area (Å²) in [6, 6.07) is 21.3. The Morgan fingerprint density at radius 1 is 0.552 bits per heavy atom. The fourth-order valence-electron chi connectivity index (χ4n) is 5.29. The summed E-state index contributed by atoms with van der Waals surface area (Å²) >= 11 is 26.4. The summed E-state index contributed by atoms with van der Waals surface area (Å²) in [5.41, 5.74) is 4.15. The second kappa shape index (κ2) is 20.0. The van der Waals surface area contributed by atoms with Crippen LogP contribution in [0.2, 0.25) is 20.1 Å². The van der Waals surface area contributed by atoms with E-state index in [9.17, 15) is 19.2 Å². The number of hydrogen-bond acceptors (Lipinski definition) is 12. The van der Waals surface area contributed by atoms with Crippen molar-refractivity contribution < 1.29 is 38.9 Å². The molecule has 4 aromatic carbocycles. The molecule has 2 aliphatic heterocycles. The van der Waals surface area contributed by atoms with E-state index in [-0.39, 0.29) is 52.5 Å². The van der Waals surface area contributed by atoms with Gasteiger partial charge in [-0.2, -0.15) is 0 Å². The number of carbonyl (C=O) groups is 4. The minimum absolute atomic E-state index is 0.00563. The molecule has 0 saturated carbocycles. The average Bonchev–Trinajstić information content (AvgIpc) is 3.88. The molecule has 0 fully saturated rings. The summed E-state index contributed by atoms with van der Waals surface area (Å²) < 4.78 is 10.6. The third-order valence-electron chi connectivity index (χ3n) is 8.14. The number of hydrogen-bond donors (Lipinski definition) is 2. The zero-order valence-electron chi connectivity index (χ0n) is 29.8. The summed E-state index contributed by atoms with van der Waals surface area (Å²) in [7, 11) is 7.84. The van der Waals surface area contributed by atoms with Crippen LogP contribution >= 0.6 is 111 Å². The van der Waals surface area contributed by atoms with E-state index in [1.165, 1.54) is 67.4 Å². The van der Waals surface area contributed by atoms with Crippen LogP contribution in [0.25, 0.3) is 9.81 Å². The van der Waals surface area contributed by atoms with E-state index in [0.717, 1.165) is 53.7 Å². The predicted molar refractivity (Wildman–Crippen MR) is 246 cm³/mol. The van der Waals surface area contributed by atoms with Crippen LogP contribution in [0.5, 0.6) is 11.5 Å². The van der Waals surface area contributed by atoms with Gasteiger partial charge in [0.1, 0.15) is 21.5 Å². The van der Waals surface area contributed by atoms with Crippen LogP contribution in [0.1, 0.15) is 43.0 Å². The lowest BCUT2D eigenvalue weighted by atomic mass is 10.1. The predicted octanol–water partition coefficient (Wildman–Crippen LogP) is 13.6. The van der Waals surface area contributed by atoms with Crippen molar-refractivity contribution in [2.45, 2.75) is 13.8 Å². The third-order valence-corrected chi connectivity index (χ3v) is 17.5. The highest BCUT2D eigenvalue weighted by atomic mass is 35.5. The van der Waals surface area contributed by atoms with Crippen LogP contribution in [0.3, 0.4) is 0 Å². The molecule has 298 valence electrons. The number of allylic oxidation sites excluding steroid dienone is 4. The molecule has 2 heterocycles. The van der Waals surface area contributed by atoms with Gasteiger partial charge in [-0.1, -0.05) is 138 Å². The minimum Gasteiger partial charge on any atom is -0.480 e. The van der Waals surface area contributed by atoms with Gasteiger partial charge < -0.3 is 19.7 Å². The van der Waals surface area contributed by atoms with E-state index in [0.29, 0.717) is 9.81 Å². The Kier molecular flexibility index (Phi) is 15.4. The molecule has 58 heavy (non-hydrogen) atoms. The van der Waals surface area contributed by atoms with Gasteiger partial charge in [0.15, 0.2) is 13.2 Å². The first kappa shape index (κ1) is 44.5. The molecule has 0 radical (unpaired) electrons. The molecule has 0 unspecified atom stereocenters. The van der Waals surface area contributed by atoms with Gasteiger partial charge in [-0.25, -0.2) is 9.59 Å². The normalized spacial score (nSPS) is 15.4. The lowest BCUT2D eigenvalue weighted by Gasteiger charge is -2.15. The molecular weight excluding hydrogens is 943 g/mol. The number of ether oxygens (including phenoxy) is 2. The van der Waals surface area contributed by atoms with E-state index in [1.54, 1.807) is 0 Å². The topological polar surface area (TPSA) is 127 Å². The lowest BCUT2D eigenvalue weighted by molar-refractivity contribution is -0.140. The van der Waals surface area contributed by atoms with Gasteiger partial charge in [0, 0.05) is 30.7 Å². The zero-order chi connectivity index (χ0) is 41.7. The number of carbonyl (C=O) groups excluding carboxylic acids is 2. The van der Waals surface area contributed by atoms with Crippen molar-refractivity contribution in [3.05, 3.63) is 158 Å². The smallest absolute Gasteiger partial charge is 0.341 e. The van der Waals surface area contributed by atoms with Gasteiger partial charge in [-0.3, -0.25) is 9.59 Å². The number of rotatable bonds is 15. The van der Waals surface area contributed by atoms with Crippen molar-refractivity contribution in [2.24, 2.45) is 0 Å². The van der Waals surface area contributed by atoms with Crippen LogP contribution < -0.4 is 9.47 Å². The van der Waals surface area contributed by atoms with Gasteiger partial charge in [-0.15, -0.1) is 0 Å². The van der Waals surface area contributed by atoms with Gasteiger partial charge >= 0.3 is 11.9 Å². The number of carboxylic acid groups (broad SMARTS) is 2. The maximum atomic E-state index is 14.6. The van der Waals surface area contributed by atoms with Gasteiger partial charge in [-0.05, 0) is 94.1 Å². The first-order chi connectivity index (χ1) is 27.7. The molecule has 0 aliphatic carbocycles. The second-order valence-electron chi connectivity index (χ2n) is 12.0. The van der Waals surface area contributed by atoms with Crippen molar-refractivity contribution in [1.82, 2.24) is 0 Å². The van der Waals surface area contributed by atoms with Gasteiger partial charge in [0.25, 0.3) is 0 Å². The molecule has 0 bridgehead atoms. The fourth-order valence-corrected chi connectivity index (χ4v) is 14.5. The molecule has 2 N–H and O–H groups in total. The third kappa shape index (κ3) is 10.3. The molecule has 2 aliphatic rings. The van der Waals surface area contributed by atoms with Crippen LogP contribution in [0, 0.1) is 13.8 Å². The number of aliphatic carboxylic acids is 2. The van der Waals surface area contributed by atoms with Crippen LogP contribution in [0.4, 0.5) is 0 Å². The number of ketones is 2. The van der Waals surface area contributed by atoms with Crippen molar-refractivity contribution in [2.75, 3.05) is 13.2 Å². The fraction of sp³-hybridized carbons (Fsp3) is 0.100. The molecule has 0 amide bonds. The Hall–Kier alpha value is -3.02. The Morgan fingerprint density at radius 2 is 0.931 bits per heavy atom. The first-order valence-electron chi connectivity index (χ1n) is 16.6. The summed E-state index contributed by atoms with van der Waals surface area (Å²) in [4.78, 5) is 55.1. The van der Waals surface area contributed by atoms with E-state index < -0.39 is 36.7 Å². The largest absolute Gasteiger partial charge is 0.480 e. The molecular formula is C40H26Cl4O8S6.